The van der Waals surface area contributed by atoms with Crippen LogP contribution in [-0.4, -0.2) is 27.2 Å². The van der Waals surface area contributed by atoms with Gasteiger partial charge in [0.05, 0.1) is 22.5 Å². The Hall–Kier alpha value is -4.49. The fourth-order valence-corrected chi connectivity index (χ4v) is 6.52. The van der Waals surface area contributed by atoms with E-state index in [1.54, 1.807) is 0 Å². The molecular formula is C35H36N6O. The van der Waals surface area contributed by atoms with Gasteiger partial charge in [0.25, 0.3) is 5.91 Å². The minimum atomic E-state index is -1.08. The summed E-state index contributed by atoms with van der Waals surface area (Å²) in [5, 5.41) is 13.3. The molecule has 0 bridgehead atoms. The van der Waals surface area contributed by atoms with Crippen molar-refractivity contribution in [2.45, 2.75) is 58.7 Å². The van der Waals surface area contributed by atoms with E-state index in [2.05, 4.69) is 60.9 Å². The number of fused-ring (bicyclic) bond motifs is 4. The van der Waals surface area contributed by atoms with Gasteiger partial charge in [0, 0.05) is 29.8 Å². The number of aryl methyl sites for hydroxylation is 2. The Labute approximate surface area is 246 Å². The number of rotatable bonds is 7. The van der Waals surface area contributed by atoms with Crippen molar-refractivity contribution in [3.63, 3.8) is 0 Å². The highest BCUT2D eigenvalue weighted by atomic mass is 16.2. The first-order valence-electron chi connectivity index (χ1n) is 15.0. The molecule has 7 rings (SSSR count). The Balaban J connectivity index is 1.40. The molecule has 1 amide bonds. The highest BCUT2D eigenvalue weighted by Crippen LogP contribution is 2.46. The van der Waals surface area contributed by atoms with Crippen LogP contribution in [0.3, 0.4) is 0 Å². The molecule has 2 aliphatic heterocycles. The SMILES string of the molecule is CCCCCCN1C(=O)C2(NCc3c(nc4c(c(C)nn4-c4ccccc4)c3-c3ccc(C)cc3)N2)c2ccccc21. The molecule has 0 fully saturated rings. The van der Waals surface area contributed by atoms with Crippen LogP contribution in [0.15, 0.2) is 78.9 Å². The van der Waals surface area contributed by atoms with Crippen molar-refractivity contribution in [2.75, 3.05) is 16.8 Å². The number of hydrogen-bond donors (Lipinski definition) is 2. The van der Waals surface area contributed by atoms with E-state index in [9.17, 15) is 4.79 Å². The number of para-hydroxylation sites is 2. The van der Waals surface area contributed by atoms with Gasteiger partial charge in [0.1, 0.15) is 5.82 Å². The molecule has 2 N–H and O–H groups in total. The number of unbranched alkanes of at least 4 members (excludes halogenated alkanes) is 3. The van der Waals surface area contributed by atoms with E-state index in [-0.39, 0.29) is 5.91 Å². The van der Waals surface area contributed by atoms with Gasteiger partial charge < -0.3 is 10.2 Å². The number of benzene rings is 3. The summed E-state index contributed by atoms with van der Waals surface area (Å²) in [5.74, 6) is 0.738. The minimum absolute atomic E-state index is 0.0254. The van der Waals surface area contributed by atoms with Crippen molar-refractivity contribution in [1.82, 2.24) is 20.1 Å². The van der Waals surface area contributed by atoms with Crippen LogP contribution in [0.1, 0.15) is 55.0 Å². The summed E-state index contributed by atoms with van der Waals surface area (Å²) in [6.45, 7) is 7.55. The van der Waals surface area contributed by atoms with Crippen LogP contribution in [0.4, 0.5) is 11.5 Å². The second-order valence-corrected chi connectivity index (χ2v) is 11.5. The number of nitrogens with zero attached hydrogens (tertiary/aromatic N) is 4. The largest absolute Gasteiger partial charge is 0.340 e. The third-order valence-electron chi connectivity index (χ3n) is 8.67. The molecule has 212 valence electrons. The second-order valence-electron chi connectivity index (χ2n) is 11.5. The van der Waals surface area contributed by atoms with Gasteiger partial charge in [-0.15, -0.1) is 0 Å². The maximum absolute atomic E-state index is 14.3. The fraction of sp³-hybridized carbons (Fsp3) is 0.286. The lowest BCUT2D eigenvalue weighted by atomic mass is 9.91. The molecule has 3 aromatic carbocycles. The third kappa shape index (κ3) is 4.10. The van der Waals surface area contributed by atoms with Crippen molar-refractivity contribution in [1.29, 1.82) is 0 Å². The molecule has 42 heavy (non-hydrogen) atoms. The number of nitrogens with one attached hydrogen (secondary N) is 2. The van der Waals surface area contributed by atoms with E-state index in [1.807, 2.05) is 59.0 Å². The number of aromatic nitrogens is 3. The van der Waals surface area contributed by atoms with Crippen LogP contribution in [-0.2, 0) is 17.0 Å². The van der Waals surface area contributed by atoms with Crippen LogP contribution in [0.25, 0.3) is 27.8 Å². The molecule has 1 atom stereocenters. The number of hydrogen-bond acceptors (Lipinski definition) is 5. The molecule has 7 heteroatoms. The Bertz CT molecular complexity index is 1790. The summed E-state index contributed by atoms with van der Waals surface area (Å²) in [7, 11) is 0. The molecule has 0 radical (unpaired) electrons. The van der Waals surface area contributed by atoms with Gasteiger partial charge in [-0.25, -0.2) is 9.67 Å². The van der Waals surface area contributed by atoms with Crippen LogP contribution < -0.4 is 15.5 Å². The monoisotopic (exact) mass is 556 g/mol. The van der Waals surface area contributed by atoms with E-state index >= 15 is 0 Å². The van der Waals surface area contributed by atoms with Crippen molar-refractivity contribution in [3.8, 4) is 16.8 Å². The number of carbonyl (C=O) groups is 1. The number of amides is 1. The topological polar surface area (TPSA) is 75.1 Å². The van der Waals surface area contributed by atoms with E-state index in [1.165, 1.54) is 12.0 Å². The second kappa shape index (κ2) is 10.4. The maximum atomic E-state index is 14.3. The average Bonchev–Trinajstić information content (AvgIpc) is 3.46. The van der Waals surface area contributed by atoms with Gasteiger partial charge in [-0.1, -0.05) is 92.4 Å². The molecule has 1 spiro atoms. The highest BCUT2D eigenvalue weighted by Gasteiger charge is 2.53. The summed E-state index contributed by atoms with van der Waals surface area (Å²) < 4.78 is 1.92. The first-order valence-corrected chi connectivity index (χ1v) is 15.0. The van der Waals surface area contributed by atoms with Crippen LogP contribution >= 0.6 is 0 Å². The summed E-state index contributed by atoms with van der Waals surface area (Å²) in [6, 6.07) is 26.9. The molecule has 2 aliphatic rings. The van der Waals surface area contributed by atoms with E-state index in [0.29, 0.717) is 18.9 Å². The molecule has 4 heterocycles. The lowest BCUT2D eigenvalue weighted by Gasteiger charge is -2.37. The van der Waals surface area contributed by atoms with Crippen LogP contribution in [0, 0.1) is 13.8 Å². The smallest absolute Gasteiger partial charge is 0.272 e. The van der Waals surface area contributed by atoms with E-state index in [4.69, 9.17) is 10.1 Å². The van der Waals surface area contributed by atoms with Crippen molar-refractivity contribution in [3.05, 3.63) is 101 Å². The molecule has 0 saturated carbocycles. The zero-order valence-corrected chi connectivity index (χ0v) is 24.4. The fourth-order valence-electron chi connectivity index (χ4n) is 6.52. The van der Waals surface area contributed by atoms with Crippen molar-refractivity contribution in [2.24, 2.45) is 0 Å². The average molecular weight is 557 g/mol. The Morgan fingerprint density at radius 3 is 2.45 bits per heavy atom. The lowest BCUT2D eigenvalue weighted by Crippen LogP contribution is -2.58. The maximum Gasteiger partial charge on any atom is 0.272 e. The lowest BCUT2D eigenvalue weighted by molar-refractivity contribution is -0.123. The summed E-state index contributed by atoms with van der Waals surface area (Å²) in [5.41, 5.74) is 7.92. The van der Waals surface area contributed by atoms with Gasteiger partial charge in [-0.3, -0.25) is 10.1 Å². The van der Waals surface area contributed by atoms with E-state index < -0.39 is 5.66 Å². The predicted molar refractivity (Wildman–Crippen MR) is 169 cm³/mol. The molecule has 0 saturated heterocycles. The molecule has 1 unspecified atom stereocenters. The van der Waals surface area contributed by atoms with E-state index in [0.717, 1.165) is 69.6 Å². The Morgan fingerprint density at radius 2 is 1.67 bits per heavy atom. The van der Waals surface area contributed by atoms with Gasteiger partial charge in [0.15, 0.2) is 11.3 Å². The van der Waals surface area contributed by atoms with Crippen LogP contribution in [0.5, 0.6) is 0 Å². The number of carbonyl (C=O) groups excluding carboxylic acids is 1. The first-order chi connectivity index (χ1) is 20.5. The van der Waals surface area contributed by atoms with Gasteiger partial charge >= 0.3 is 0 Å². The molecule has 7 nitrogen and oxygen atoms in total. The molecule has 0 aliphatic carbocycles. The van der Waals surface area contributed by atoms with Crippen molar-refractivity contribution < 1.29 is 4.79 Å². The zero-order valence-electron chi connectivity index (χ0n) is 24.4. The normalized spacial score (nSPS) is 17.5. The summed E-state index contributed by atoms with van der Waals surface area (Å²) in [6.07, 6.45) is 4.43. The van der Waals surface area contributed by atoms with Gasteiger partial charge in [0.2, 0.25) is 0 Å². The molecule has 5 aromatic rings. The predicted octanol–water partition coefficient (Wildman–Crippen LogP) is 7.00. The van der Waals surface area contributed by atoms with Gasteiger partial charge in [-0.2, -0.15) is 5.10 Å². The third-order valence-corrected chi connectivity index (χ3v) is 8.67. The summed E-state index contributed by atoms with van der Waals surface area (Å²) >= 11 is 0. The standard InChI is InChI=1S/C35H36N6O/c1-4-5-6-12-21-40-29-16-11-10-15-28(29)35(34(40)42)36-22-27-31(25-19-17-23(2)18-20-25)30-24(3)39-41(26-13-8-7-9-14-26)33(30)37-32(27)38-35/h7-11,13-20,36H,4-6,12,21-22H2,1-3H3,(H,37,38). The Morgan fingerprint density at radius 1 is 0.905 bits per heavy atom. The highest BCUT2D eigenvalue weighted by molar-refractivity contribution is 6.10. The molecule has 2 aromatic heterocycles. The Kier molecular flexibility index (Phi) is 6.54. The quantitative estimate of drug-likeness (QED) is 0.211. The first kappa shape index (κ1) is 26.4. The number of pyridine rings is 1. The van der Waals surface area contributed by atoms with Gasteiger partial charge in [-0.05, 0) is 44.0 Å². The number of anilines is 2. The minimum Gasteiger partial charge on any atom is -0.340 e. The molecular weight excluding hydrogens is 520 g/mol. The summed E-state index contributed by atoms with van der Waals surface area (Å²) in [4.78, 5) is 21.5. The van der Waals surface area contributed by atoms with Crippen molar-refractivity contribution >= 4 is 28.4 Å². The zero-order chi connectivity index (χ0) is 28.8. The van der Waals surface area contributed by atoms with Crippen LogP contribution in [0.2, 0.25) is 0 Å².